The predicted octanol–water partition coefficient (Wildman–Crippen LogP) is 2.23. The Morgan fingerprint density at radius 1 is 1.41 bits per heavy atom. The largest absolute Gasteiger partial charge is 0.497 e. The number of hydrogen-bond donors (Lipinski definition) is 1. The first-order chi connectivity index (χ1) is 8.17. The number of ether oxygens (including phenoxy) is 1. The summed E-state index contributed by atoms with van der Waals surface area (Å²) in [7, 11) is 1.64. The van der Waals surface area contributed by atoms with Crippen molar-refractivity contribution in [1.82, 2.24) is 5.32 Å². The summed E-state index contributed by atoms with van der Waals surface area (Å²) < 4.78 is 5.07. The van der Waals surface area contributed by atoms with Gasteiger partial charge >= 0.3 is 0 Å². The van der Waals surface area contributed by atoms with Crippen molar-refractivity contribution in [3.63, 3.8) is 0 Å². The third-order valence-corrected chi connectivity index (χ3v) is 3.01. The van der Waals surface area contributed by atoms with Gasteiger partial charge in [0, 0.05) is 18.3 Å². The van der Waals surface area contributed by atoms with E-state index in [1.54, 1.807) is 7.11 Å². The molecule has 1 aromatic carbocycles. The molecule has 0 aliphatic heterocycles. The minimum absolute atomic E-state index is 0.00788. The summed E-state index contributed by atoms with van der Waals surface area (Å²) in [4.78, 5) is 11.4. The molecule has 0 aliphatic carbocycles. The van der Waals surface area contributed by atoms with Crippen LogP contribution in [-0.4, -0.2) is 25.4 Å². The highest BCUT2D eigenvalue weighted by atomic mass is 35.5. The van der Waals surface area contributed by atoms with Gasteiger partial charge in [-0.25, -0.2) is 0 Å². The van der Waals surface area contributed by atoms with Crippen LogP contribution in [0.15, 0.2) is 24.3 Å². The fourth-order valence-electron chi connectivity index (χ4n) is 1.37. The zero-order chi connectivity index (χ0) is 12.7. The van der Waals surface area contributed by atoms with Gasteiger partial charge in [-0.1, -0.05) is 19.1 Å². The summed E-state index contributed by atoms with van der Waals surface area (Å²) in [5.41, 5.74) is 1.17. The molecule has 17 heavy (non-hydrogen) atoms. The fourth-order valence-corrected chi connectivity index (χ4v) is 1.51. The van der Waals surface area contributed by atoms with Gasteiger partial charge < -0.3 is 10.1 Å². The predicted molar refractivity (Wildman–Crippen MR) is 69.6 cm³/mol. The maximum absolute atomic E-state index is 11.4. The molecule has 4 heteroatoms. The van der Waals surface area contributed by atoms with Crippen LogP contribution in [0.3, 0.4) is 0 Å². The molecule has 1 N–H and O–H groups in total. The Bertz CT molecular complexity index is 351. The molecule has 0 radical (unpaired) electrons. The number of methoxy groups -OCH3 is 1. The van der Waals surface area contributed by atoms with Crippen molar-refractivity contribution in [3.05, 3.63) is 29.8 Å². The van der Waals surface area contributed by atoms with Crippen LogP contribution in [0.25, 0.3) is 0 Å². The van der Waals surface area contributed by atoms with Crippen molar-refractivity contribution >= 4 is 17.5 Å². The van der Waals surface area contributed by atoms with Gasteiger partial charge in [0.2, 0.25) is 5.91 Å². The van der Waals surface area contributed by atoms with Crippen molar-refractivity contribution in [3.8, 4) is 5.75 Å². The van der Waals surface area contributed by atoms with Crippen LogP contribution in [0.5, 0.6) is 5.75 Å². The third-order valence-electron chi connectivity index (χ3n) is 2.55. The molecule has 1 aromatic rings. The van der Waals surface area contributed by atoms with Crippen LogP contribution in [0.1, 0.15) is 12.5 Å². The minimum atomic E-state index is -0.132. The van der Waals surface area contributed by atoms with Gasteiger partial charge in [-0.15, -0.1) is 11.6 Å². The average Bonchev–Trinajstić information content (AvgIpc) is 2.38. The Kier molecular flexibility index (Phi) is 5.84. The molecule has 0 saturated carbocycles. The SMILES string of the molecule is COc1ccc(CCNC(=O)C(C)CCl)cc1. The lowest BCUT2D eigenvalue weighted by Gasteiger charge is -2.09. The van der Waals surface area contributed by atoms with Gasteiger partial charge in [0.05, 0.1) is 7.11 Å². The van der Waals surface area contributed by atoms with E-state index in [4.69, 9.17) is 16.3 Å². The minimum Gasteiger partial charge on any atom is -0.497 e. The van der Waals surface area contributed by atoms with E-state index in [0.717, 1.165) is 12.2 Å². The standard InChI is InChI=1S/C13H18ClNO2/c1-10(9-14)13(16)15-8-7-11-3-5-12(17-2)6-4-11/h3-6,10H,7-9H2,1-2H3,(H,15,16). The first-order valence-electron chi connectivity index (χ1n) is 5.64. The van der Waals surface area contributed by atoms with E-state index in [0.29, 0.717) is 12.4 Å². The van der Waals surface area contributed by atoms with Crippen molar-refractivity contribution in [1.29, 1.82) is 0 Å². The van der Waals surface area contributed by atoms with Crippen molar-refractivity contribution in [2.24, 2.45) is 5.92 Å². The molecule has 1 amide bonds. The lowest BCUT2D eigenvalue weighted by atomic mass is 10.1. The number of carbonyl (C=O) groups excluding carboxylic acids is 1. The summed E-state index contributed by atoms with van der Waals surface area (Å²) >= 11 is 5.60. The Balaban J connectivity index is 2.33. The van der Waals surface area contributed by atoms with Crippen LogP contribution in [0.4, 0.5) is 0 Å². The van der Waals surface area contributed by atoms with E-state index in [1.807, 2.05) is 31.2 Å². The van der Waals surface area contributed by atoms with Crippen LogP contribution in [0, 0.1) is 5.92 Å². The first-order valence-corrected chi connectivity index (χ1v) is 6.17. The number of benzene rings is 1. The Labute approximate surface area is 107 Å². The Hall–Kier alpha value is -1.22. The molecule has 0 spiro atoms. The molecule has 0 saturated heterocycles. The average molecular weight is 256 g/mol. The number of amides is 1. The lowest BCUT2D eigenvalue weighted by molar-refractivity contribution is -0.123. The molecule has 0 aliphatic rings. The van der Waals surface area contributed by atoms with E-state index in [1.165, 1.54) is 5.56 Å². The van der Waals surface area contributed by atoms with Gasteiger partial charge in [0.1, 0.15) is 5.75 Å². The maximum Gasteiger partial charge on any atom is 0.224 e. The maximum atomic E-state index is 11.4. The van der Waals surface area contributed by atoms with Crippen LogP contribution in [-0.2, 0) is 11.2 Å². The number of carbonyl (C=O) groups is 1. The second-order valence-electron chi connectivity index (χ2n) is 3.94. The number of nitrogens with one attached hydrogen (secondary N) is 1. The highest BCUT2D eigenvalue weighted by Gasteiger charge is 2.09. The number of hydrogen-bond acceptors (Lipinski definition) is 2. The molecular weight excluding hydrogens is 238 g/mol. The van der Waals surface area contributed by atoms with E-state index < -0.39 is 0 Å². The zero-order valence-corrected chi connectivity index (χ0v) is 11.0. The van der Waals surface area contributed by atoms with Crippen molar-refractivity contribution in [2.75, 3.05) is 19.5 Å². The number of rotatable bonds is 6. The molecular formula is C13H18ClNO2. The summed E-state index contributed by atoms with van der Waals surface area (Å²) in [6.07, 6.45) is 0.810. The quantitative estimate of drug-likeness (QED) is 0.792. The zero-order valence-electron chi connectivity index (χ0n) is 10.2. The normalized spacial score (nSPS) is 11.9. The molecule has 0 bridgehead atoms. The molecule has 0 heterocycles. The van der Waals surface area contributed by atoms with Crippen LogP contribution >= 0.6 is 11.6 Å². The molecule has 94 valence electrons. The Morgan fingerprint density at radius 2 is 2.06 bits per heavy atom. The molecule has 1 unspecified atom stereocenters. The van der Waals surface area contributed by atoms with E-state index in [-0.39, 0.29) is 11.8 Å². The van der Waals surface area contributed by atoms with Gasteiger partial charge in [0.15, 0.2) is 0 Å². The smallest absolute Gasteiger partial charge is 0.224 e. The topological polar surface area (TPSA) is 38.3 Å². The van der Waals surface area contributed by atoms with Crippen molar-refractivity contribution in [2.45, 2.75) is 13.3 Å². The summed E-state index contributed by atoms with van der Waals surface area (Å²) in [5.74, 6) is 1.07. The third kappa shape index (κ3) is 4.65. The highest BCUT2D eigenvalue weighted by Crippen LogP contribution is 2.11. The fraction of sp³-hybridized carbons (Fsp3) is 0.462. The molecule has 1 atom stereocenters. The van der Waals surface area contributed by atoms with E-state index in [2.05, 4.69) is 5.32 Å². The Morgan fingerprint density at radius 3 is 2.59 bits per heavy atom. The summed E-state index contributed by atoms with van der Waals surface area (Å²) in [5, 5.41) is 2.86. The van der Waals surface area contributed by atoms with Crippen LogP contribution < -0.4 is 10.1 Å². The van der Waals surface area contributed by atoms with Gasteiger partial charge in [0.25, 0.3) is 0 Å². The first kappa shape index (κ1) is 13.8. The lowest BCUT2D eigenvalue weighted by Crippen LogP contribution is -2.31. The van der Waals surface area contributed by atoms with Gasteiger partial charge in [-0.2, -0.15) is 0 Å². The van der Waals surface area contributed by atoms with E-state index in [9.17, 15) is 4.79 Å². The monoisotopic (exact) mass is 255 g/mol. The molecule has 0 aromatic heterocycles. The number of halogens is 1. The summed E-state index contributed by atoms with van der Waals surface area (Å²) in [6, 6.07) is 7.82. The summed E-state index contributed by atoms with van der Waals surface area (Å²) in [6.45, 7) is 2.45. The molecule has 0 fully saturated rings. The van der Waals surface area contributed by atoms with Crippen LogP contribution in [0.2, 0.25) is 0 Å². The highest BCUT2D eigenvalue weighted by molar-refractivity contribution is 6.19. The molecule has 3 nitrogen and oxygen atoms in total. The van der Waals surface area contributed by atoms with Crippen molar-refractivity contribution < 1.29 is 9.53 Å². The second kappa shape index (κ2) is 7.17. The molecule has 1 rings (SSSR count). The number of alkyl halides is 1. The second-order valence-corrected chi connectivity index (χ2v) is 4.25. The van der Waals surface area contributed by atoms with Gasteiger partial charge in [-0.3, -0.25) is 4.79 Å². The van der Waals surface area contributed by atoms with E-state index >= 15 is 0 Å². The van der Waals surface area contributed by atoms with Gasteiger partial charge in [-0.05, 0) is 24.1 Å².